The first-order valence-electron chi connectivity index (χ1n) is 4.79. The minimum absolute atomic E-state index is 0.423. The largest absolute Gasteiger partial charge is 0.0609 e. The highest BCUT2D eigenvalue weighted by atomic mass is 79.9. The fourth-order valence-electron chi connectivity index (χ4n) is 2.26. The van der Waals surface area contributed by atoms with Gasteiger partial charge in [-0.05, 0) is 34.9 Å². The molecule has 0 nitrogen and oxygen atoms in total. The van der Waals surface area contributed by atoms with Crippen LogP contribution in [-0.4, -0.2) is 0 Å². The molecule has 0 aromatic heterocycles. The highest BCUT2D eigenvalue weighted by molar-refractivity contribution is 9.10. The van der Waals surface area contributed by atoms with Crippen LogP contribution in [0.25, 0.3) is 0 Å². The van der Waals surface area contributed by atoms with Gasteiger partial charge in [-0.3, -0.25) is 0 Å². The number of hydrogen-bond donors (Lipinski definition) is 0. The van der Waals surface area contributed by atoms with E-state index in [4.69, 9.17) is 0 Å². The quantitative estimate of drug-likeness (QED) is 0.638. The van der Waals surface area contributed by atoms with Crippen molar-refractivity contribution >= 4 is 15.9 Å². The molecule has 0 N–H and O–H groups in total. The second-order valence-electron chi connectivity index (χ2n) is 4.70. The van der Waals surface area contributed by atoms with Crippen molar-refractivity contribution in [3.8, 4) is 0 Å². The lowest BCUT2D eigenvalue weighted by molar-refractivity contribution is 0.330. The topological polar surface area (TPSA) is 0 Å². The molecule has 1 aliphatic carbocycles. The van der Waals surface area contributed by atoms with E-state index in [1.807, 2.05) is 0 Å². The summed E-state index contributed by atoms with van der Waals surface area (Å²) >= 11 is 3.64. The van der Waals surface area contributed by atoms with Crippen molar-refractivity contribution in [2.24, 2.45) is 5.41 Å². The van der Waals surface area contributed by atoms with E-state index >= 15 is 0 Å². The van der Waals surface area contributed by atoms with E-state index in [0.717, 1.165) is 0 Å². The molecule has 1 aromatic carbocycles. The first-order valence-corrected chi connectivity index (χ1v) is 5.59. The molecule has 0 saturated heterocycles. The van der Waals surface area contributed by atoms with Gasteiger partial charge in [-0.15, -0.1) is 0 Å². The molecule has 0 radical (unpaired) electrons. The van der Waals surface area contributed by atoms with Crippen molar-refractivity contribution in [3.05, 3.63) is 33.8 Å². The minimum Gasteiger partial charge on any atom is -0.0609 e. The molecule has 0 fully saturated rings. The lowest BCUT2D eigenvalue weighted by Crippen LogP contribution is -2.14. The molecule has 0 aliphatic heterocycles. The molecule has 70 valence electrons. The number of rotatable bonds is 0. The summed E-state index contributed by atoms with van der Waals surface area (Å²) in [6.45, 7) is 7.03. The maximum absolute atomic E-state index is 3.64. The molecule has 0 saturated carbocycles. The molecular weight excluding hydrogens is 224 g/mol. The van der Waals surface area contributed by atoms with Crippen LogP contribution in [0.3, 0.4) is 0 Å². The Hall–Kier alpha value is -0.300. The van der Waals surface area contributed by atoms with Crippen LogP contribution in [0.15, 0.2) is 22.7 Å². The zero-order chi connectivity index (χ0) is 9.64. The molecule has 0 amide bonds. The van der Waals surface area contributed by atoms with Crippen molar-refractivity contribution in [1.29, 1.82) is 0 Å². The molecule has 0 bridgehead atoms. The smallest absolute Gasteiger partial charge is 0.0212 e. The van der Waals surface area contributed by atoms with Gasteiger partial charge in [-0.2, -0.15) is 0 Å². The molecule has 13 heavy (non-hydrogen) atoms. The van der Waals surface area contributed by atoms with Crippen molar-refractivity contribution in [3.63, 3.8) is 0 Å². The number of fused-ring (bicyclic) bond motifs is 1. The summed E-state index contributed by atoms with van der Waals surface area (Å²) in [4.78, 5) is 0. The normalized spacial score (nSPS) is 24.5. The second-order valence-corrected chi connectivity index (χ2v) is 5.55. The predicted molar refractivity (Wildman–Crippen MR) is 60.0 cm³/mol. The van der Waals surface area contributed by atoms with Crippen molar-refractivity contribution in [1.82, 2.24) is 0 Å². The summed E-state index contributed by atoms with van der Waals surface area (Å²) in [5.41, 5.74) is 3.46. The van der Waals surface area contributed by atoms with E-state index < -0.39 is 0 Å². The predicted octanol–water partition coefficient (Wildman–Crippen LogP) is 4.13. The zero-order valence-corrected chi connectivity index (χ0v) is 9.98. The van der Waals surface area contributed by atoms with E-state index in [0.29, 0.717) is 11.3 Å². The summed E-state index contributed by atoms with van der Waals surface area (Å²) in [5.74, 6) is 0.665. The SMILES string of the molecule is CC1c2c(Br)cccc2CC1(C)C. The van der Waals surface area contributed by atoms with Gasteiger partial charge in [-0.25, -0.2) is 0 Å². The first-order chi connectivity index (χ1) is 6.02. The van der Waals surface area contributed by atoms with Crippen molar-refractivity contribution in [2.45, 2.75) is 33.1 Å². The fourth-order valence-corrected chi connectivity index (χ4v) is 3.01. The van der Waals surface area contributed by atoms with Crippen molar-refractivity contribution in [2.75, 3.05) is 0 Å². The van der Waals surface area contributed by atoms with Crippen LogP contribution in [0, 0.1) is 5.41 Å². The van der Waals surface area contributed by atoms with E-state index in [9.17, 15) is 0 Å². The van der Waals surface area contributed by atoms with Gasteiger partial charge in [0, 0.05) is 4.47 Å². The summed E-state index contributed by atoms with van der Waals surface area (Å²) in [6, 6.07) is 6.54. The molecule has 2 rings (SSSR count). The fraction of sp³-hybridized carbons (Fsp3) is 0.500. The zero-order valence-electron chi connectivity index (χ0n) is 8.39. The third kappa shape index (κ3) is 1.34. The Bertz CT molecular complexity index is 339. The van der Waals surface area contributed by atoms with Gasteiger partial charge in [0.1, 0.15) is 0 Å². The molecular formula is C12H15Br. The summed E-state index contributed by atoms with van der Waals surface area (Å²) in [7, 11) is 0. The van der Waals surface area contributed by atoms with Gasteiger partial charge in [0.2, 0.25) is 0 Å². The lowest BCUT2D eigenvalue weighted by Gasteiger charge is -2.23. The Morgan fingerprint density at radius 3 is 2.69 bits per heavy atom. The Morgan fingerprint density at radius 2 is 2.08 bits per heavy atom. The third-order valence-corrected chi connectivity index (χ3v) is 4.09. The molecule has 0 heterocycles. The van der Waals surface area contributed by atoms with Gasteiger partial charge < -0.3 is 0 Å². The van der Waals surface area contributed by atoms with E-state index in [1.165, 1.54) is 22.0 Å². The monoisotopic (exact) mass is 238 g/mol. The van der Waals surface area contributed by atoms with Gasteiger partial charge in [0.05, 0.1) is 0 Å². The first kappa shape index (κ1) is 9.26. The Labute approximate surface area is 88.5 Å². The average Bonchev–Trinajstić information content (AvgIpc) is 2.24. The Balaban J connectivity index is 2.57. The van der Waals surface area contributed by atoms with Gasteiger partial charge in [0.25, 0.3) is 0 Å². The Kier molecular flexibility index (Phi) is 2.03. The number of halogens is 1. The highest BCUT2D eigenvalue weighted by Gasteiger charge is 2.36. The summed E-state index contributed by atoms with van der Waals surface area (Å²) in [6.07, 6.45) is 1.21. The van der Waals surface area contributed by atoms with E-state index in [2.05, 4.69) is 54.9 Å². The number of benzene rings is 1. The molecule has 1 aliphatic rings. The summed E-state index contributed by atoms with van der Waals surface area (Å²) in [5, 5.41) is 0. The van der Waals surface area contributed by atoms with Crippen LogP contribution in [0.1, 0.15) is 37.8 Å². The van der Waals surface area contributed by atoms with Gasteiger partial charge >= 0.3 is 0 Å². The van der Waals surface area contributed by atoms with Crippen LogP contribution in [-0.2, 0) is 6.42 Å². The van der Waals surface area contributed by atoms with E-state index in [1.54, 1.807) is 0 Å². The minimum atomic E-state index is 0.423. The van der Waals surface area contributed by atoms with Crippen molar-refractivity contribution < 1.29 is 0 Å². The third-order valence-electron chi connectivity index (χ3n) is 3.39. The van der Waals surface area contributed by atoms with Crippen LogP contribution in [0.5, 0.6) is 0 Å². The van der Waals surface area contributed by atoms with Gasteiger partial charge in [-0.1, -0.05) is 48.8 Å². The molecule has 0 spiro atoms. The molecule has 1 unspecified atom stereocenters. The molecule has 1 atom stereocenters. The Morgan fingerprint density at radius 1 is 1.38 bits per heavy atom. The van der Waals surface area contributed by atoms with Crippen LogP contribution in [0.2, 0.25) is 0 Å². The van der Waals surface area contributed by atoms with E-state index in [-0.39, 0.29) is 0 Å². The average molecular weight is 239 g/mol. The summed E-state index contributed by atoms with van der Waals surface area (Å²) < 4.78 is 1.28. The maximum Gasteiger partial charge on any atom is 0.0212 e. The number of hydrogen-bond acceptors (Lipinski definition) is 0. The molecule has 1 heteroatoms. The lowest BCUT2D eigenvalue weighted by atomic mass is 9.81. The van der Waals surface area contributed by atoms with Gasteiger partial charge in [0.15, 0.2) is 0 Å². The highest BCUT2D eigenvalue weighted by Crippen LogP contribution is 2.48. The van der Waals surface area contributed by atoms with Crippen LogP contribution >= 0.6 is 15.9 Å². The second kappa shape index (κ2) is 2.84. The molecule has 1 aromatic rings. The maximum atomic E-state index is 3.64. The van der Waals surface area contributed by atoms with Crippen LogP contribution in [0.4, 0.5) is 0 Å². The standard InChI is InChI=1S/C12H15Br/c1-8-11-9(7-12(8,2)3)5-4-6-10(11)13/h4-6,8H,7H2,1-3H3. The van der Waals surface area contributed by atoms with Crippen LogP contribution < -0.4 is 0 Å².